The fourth-order valence-corrected chi connectivity index (χ4v) is 3.11. The van der Waals surface area contributed by atoms with Gasteiger partial charge in [0.2, 0.25) is 5.91 Å². The molecule has 1 N–H and O–H groups in total. The van der Waals surface area contributed by atoms with Crippen molar-refractivity contribution in [2.45, 2.75) is 40.3 Å². The molecule has 0 aromatic heterocycles. The highest BCUT2D eigenvalue weighted by Gasteiger charge is 2.26. The lowest BCUT2D eigenvalue weighted by atomic mass is 9.82. The van der Waals surface area contributed by atoms with E-state index >= 15 is 0 Å². The number of nitrogens with one attached hydrogen (secondary N) is 1. The summed E-state index contributed by atoms with van der Waals surface area (Å²) < 4.78 is 5.46. The number of carbonyl (C=O) groups is 1. The zero-order valence-corrected chi connectivity index (χ0v) is 17.2. The summed E-state index contributed by atoms with van der Waals surface area (Å²) in [5, 5.41) is 3.46. The van der Waals surface area contributed by atoms with Crippen LogP contribution in [0.3, 0.4) is 0 Å². The molecule has 1 unspecified atom stereocenters. The van der Waals surface area contributed by atoms with Crippen LogP contribution in [0.1, 0.15) is 44.9 Å². The van der Waals surface area contributed by atoms with Crippen LogP contribution in [0.25, 0.3) is 0 Å². The molecule has 2 aromatic rings. The van der Waals surface area contributed by atoms with Gasteiger partial charge >= 0.3 is 0 Å². The Bertz CT molecular complexity index is 705. The Kier molecular flexibility index (Phi) is 7.43. The van der Waals surface area contributed by atoms with Gasteiger partial charge in [0.05, 0.1) is 13.2 Å². The first kappa shape index (κ1) is 21.0. The molecule has 0 aliphatic heterocycles. The number of benzene rings is 2. The third-order valence-corrected chi connectivity index (χ3v) is 4.54. The molecule has 1 atom stereocenters. The molecule has 0 aliphatic rings. The predicted octanol–water partition coefficient (Wildman–Crippen LogP) is 4.42. The molecule has 4 nitrogen and oxygen atoms in total. The van der Waals surface area contributed by atoms with Crippen molar-refractivity contribution < 1.29 is 9.53 Å². The molecule has 27 heavy (non-hydrogen) atoms. The summed E-state index contributed by atoms with van der Waals surface area (Å²) >= 11 is 0. The molecule has 1 amide bonds. The van der Waals surface area contributed by atoms with Gasteiger partial charge in [-0.05, 0) is 35.6 Å². The second kappa shape index (κ2) is 9.56. The lowest BCUT2D eigenvalue weighted by Gasteiger charge is -2.32. The average Bonchev–Trinajstić information content (AvgIpc) is 2.63. The van der Waals surface area contributed by atoms with E-state index in [9.17, 15) is 4.79 Å². The minimum Gasteiger partial charge on any atom is -0.494 e. The maximum atomic E-state index is 12.6. The third kappa shape index (κ3) is 6.40. The van der Waals surface area contributed by atoms with Crippen molar-refractivity contribution >= 4 is 5.91 Å². The molecule has 146 valence electrons. The fraction of sp³-hybridized carbons (Fsp3) is 0.435. The van der Waals surface area contributed by atoms with Gasteiger partial charge in [-0.2, -0.15) is 0 Å². The molecule has 2 aromatic carbocycles. The predicted molar refractivity (Wildman–Crippen MR) is 111 cm³/mol. The molecule has 0 saturated carbocycles. The fourth-order valence-electron chi connectivity index (χ4n) is 3.11. The highest BCUT2D eigenvalue weighted by Crippen LogP contribution is 2.32. The maximum Gasteiger partial charge on any atom is 0.236 e. The van der Waals surface area contributed by atoms with Crippen LogP contribution in [0.4, 0.5) is 0 Å². The van der Waals surface area contributed by atoms with Crippen LogP contribution in [0.2, 0.25) is 0 Å². The molecule has 2 rings (SSSR count). The highest BCUT2D eigenvalue weighted by molar-refractivity contribution is 5.78. The van der Waals surface area contributed by atoms with Crippen LogP contribution >= 0.6 is 0 Å². The Morgan fingerprint density at radius 2 is 1.70 bits per heavy atom. The van der Waals surface area contributed by atoms with Gasteiger partial charge in [0.25, 0.3) is 0 Å². The van der Waals surface area contributed by atoms with Gasteiger partial charge in [0.1, 0.15) is 5.75 Å². The SMILES string of the molecule is CCOc1ccc(CN(C)C(=O)CNC(c2ccccc2)C(C)(C)C)cc1. The number of nitrogens with zero attached hydrogens (tertiary/aromatic N) is 1. The zero-order valence-electron chi connectivity index (χ0n) is 17.2. The summed E-state index contributed by atoms with van der Waals surface area (Å²) in [5.41, 5.74) is 2.30. The van der Waals surface area contributed by atoms with Crippen molar-refractivity contribution in [2.24, 2.45) is 5.41 Å². The summed E-state index contributed by atoms with van der Waals surface area (Å²) in [4.78, 5) is 14.4. The van der Waals surface area contributed by atoms with Crippen molar-refractivity contribution in [1.82, 2.24) is 10.2 Å². The zero-order chi connectivity index (χ0) is 19.9. The summed E-state index contributed by atoms with van der Waals surface area (Å²) in [5.74, 6) is 0.932. The molecular formula is C23H32N2O2. The van der Waals surface area contributed by atoms with Crippen molar-refractivity contribution in [3.05, 3.63) is 65.7 Å². The minimum absolute atomic E-state index is 0.00924. The molecule has 4 heteroatoms. The maximum absolute atomic E-state index is 12.6. The van der Waals surface area contributed by atoms with Gasteiger partial charge in [-0.3, -0.25) is 4.79 Å². The van der Waals surface area contributed by atoms with Crippen LogP contribution in [0, 0.1) is 5.41 Å². The molecule has 0 aliphatic carbocycles. The Balaban J connectivity index is 1.94. The Hall–Kier alpha value is -2.33. The van der Waals surface area contributed by atoms with Crippen molar-refractivity contribution in [3.63, 3.8) is 0 Å². The summed E-state index contributed by atoms with van der Waals surface area (Å²) in [6, 6.07) is 18.3. The Morgan fingerprint density at radius 1 is 1.07 bits per heavy atom. The average molecular weight is 369 g/mol. The normalized spacial score (nSPS) is 12.5. The van der Waals surface area contributed by atoms with Gasteiger partial charge in [-0.15, -0.1) is 0 Å². The highest BCUT2D eigenvalue weighted by atomic mass is 16.5. The van der Waals surface area contributed by atoms with Crippen LogP contribution in [0.15, 0.2) is 54.6 Å². The lowest BCUT2D eigenvalue weighted by Crippen LogP contribution is -2.40. The van der Waals surface area contributed by atoms with Gasteiger partial charge < -0.3 is 15.0 Å². The van der Waals surface area contributed by atoms with Gasteiger partial charge in [-0.25, -0.2) is 0 Å². The number of ether oxygens (including phenoxy) is 1. The van der Waals surface area contributed by atoms with E-state index in [1.807, 2.05) is 56.4 Å². The van der Waals surface area contributed by atoms with Crippen LogP contribution in [-0.2, 0) is 11.3 Å². The second-order valence-electron chi connectivity index (χ2n) is 7.92. The monoisotopic (exact) mass is 368 g/mol. The molecule has 0 spiro atoms. The summed E-state index contributed by atoms with van der Waals surface area (Å²) in [6.45, 7) is 10.1. The molecule has 0 bridgehead atoms. The van der Waals surface area contributed by atoms with E-state index in [1.54, 1.807) is 4.90 Å². The standard InChI is InChI=1S/C23H32N2O2/c1-6-27-20-14-12-18(13-15-20)17-25(5)21(26)16-24-22(23(2,3)4)19-10-8-7-9-11-19/h7-15,22,24H,6,16-17H2,1-5H3. The summed E-state index contributed by atoms with van der Waals surface area (Å²) in [6.07, 6.45) is 0. The number of likely N-dealkylation sites (N-methyl/N-ethyl adjacent to an activating group) is 1. The third-order valence-electron chi connectivity index (χ3n) is 4.54. The topological polar surface area (TPSA) is 41.6 Å². The van der Waals surface area contributed by atoms with E-state index in [-0.39, 0.29) is 17.4 Å². The van der Waals surface area contributed by atoms with Crippen molar-refractivity contribution in [1.29, 1.82) is 0 Å². The quantitative estimate of drug-likeness (QED) is 0.750. The first-order valence-electron chi connectivity index (χ1n) is 9.55. The van der Waals surface area contributed by atoms with E-state index in [1.165, 1.54) is 5.56 Å². The number of carbonyl (C=O) groups excluding carboxylic acids is 1. The second-order valence-corrected chi connectivity index (χ2v) is 7.92. The number of amides is 1. The van der Waals surface area contributed by atoms with Crippen LogP contribution in [-0.4, -0.2) is 31.0 Å². The molecule has 0 saturated heterocycles. The van der Waals surface area contributed by atoms with Gasteiger partial charge in [0, 0.05) is 19.6 Å². The van der Waals surface area contributed by atoms with Gasteiger partial charge in [0.15, 0.2) is 0 Å². The minimum atomic E-state index is 0.00924. The Labute approximate surface area is 163 Å². The van der Waals surface area contributed by atoms with E-state index < -0.39 is 0 Å². The van der Waals surface area contributed by atoms with Crippen molar-refractivity contribution in [2.75, 3.05) is 20.2 Å². The largest absolute Gasteiger partial charge is 0.494 e. The number of hydrogen-bond donors (Lipinski definition) is 1. The first-order chi connectivity index (χ1) is 12.8. The van der Waals surface area contributed by atoms with E-state index in [0.717, 1.165) is 11.3 Å². The number of rotatable bonds is 8. The lowest BCUT2D eigenvalue weighted by molar-refractivity contribution is -0.129. The molecule has 0 heterocycles. The smallest absolute Gasteiger partial charge is 0.236 e. The van der Waals surface area contributed by atoms with E-state index in [0.29, 0.717) is 19.7 Å². The first-order valence-corrected chi connectivity index (χ1v) is 9.55. The van der Waals surface area contributed by atoms with Crippen LogP contribution in [0.5, 0.6) is 5.75 Å². The van der Waals surface area contributed by atoms with Crippen molar-refractivity contribution in [3.8, 4) is 5.75 Å². The van der Waals surface area contributed by atoms with Crippen LogP contribution < -0.4 is 10.1 Å². The molecular weight excluding hydrogens is 336 g/mol. The molecule has 0 radical (unpaired) electrons. The van der Waals surface area contributed by atoms with E-state index in [4.69, 9.17) is 4.74 Å². The molecule has 0 fully saturated rings. The number of hydrogen-bond acceptors (Lipinski definition) is 3. The van der Waals surface area contributed by atoms with Gasteiger partial charge in [-0.1, -0.05) is 63.2 Å². The van der Waals surface area contributed by atoms with E-state index in [2.05, 4.69) is 38.2 Å². The summed E-state index contributed by atoms with van der Waals surface area (Å²) in [7, 11) is 1.84. The Morgan fingerprint density at radius 3 is 2.26 bits per heavy atom.